The normalized spacial score (nSPS) is 11.2. The van der Waals surface area contributed by atoms with Crippen LogP contribution in [0.25, 0.3) is 10.8 Å². The first kappa shape index (κ1) is 11.5. The predicted octanol–water partition coefficient (Wildman–Crippen LogP) is 3.20. The summed E-state index contributed by atoms with van der Waals surface area (Å²) in [6.45, 7) is 1.06. The Labute approximate surface area is 102 Å². The van der Waals surface area contributed by atoms with Crippen molar-refractivity contribution in [1.82, 2.24) is 4.90 Å². The van der Waals surface area contributed by atoms with Gasteiger partial charge in [-0.2, -0.15) is 12.6 Å². The zero-order chi connectivity index (χ0) is 11.4. The Morgan fingerprint density at radius 2 is 1.81 bits per heavy atom. The molecule has 0 unspecified atom stereocenters. The molecule has 0 saturated carbocycles. The van der Waals surface area contributed by atoms with Crippen LogP contribution in [0.1, 0.15) is 5.56 Å². The van der Waals surface area contributed by atoms with E-state index < -0.39 is 0 Å². The van der Waals surface area contributed by atoms with Crippen molar-refractivity contribution < 1.29 is 0 Å². The molecule has 0 aliphatic heterocycles. The van der Waals surface area contributed by atoms with Gasteiger partial charge in [-0.15, -0.1) is 0 Å². The third kappa shape index (κ3) is 2.77. The second-order valence-corrected chi connectivity index (χ2v) is 4.44. The molecular formula is C14H17NS. The van der Waals surface area contributed by atoms with Crippen molar-refractivity contribution in [3.63, 3.8) is 0 Å². The molecule has 0 spiro atoms. The number of likely N-dealkylation sites (N-methyl/N-ethyl adjacent to an activating group) is 1. The fourth-order valence-electron chi connectivity index (χ4n) is 1.78. The van der Waals surface area contributed by atoms with Crippen LogP contribution >= 0.6 is 12.6 Å². The second-order valence-electron chi connectivity index (χ2n) is 4.15. The van der Waals surface area contributed by atoms with Crippen molar-refractivity contribution in [2.75, 3.05) is 19.5 Å². The van der Waals surface area contributed by atoms with Gasteiger partial charge in [0.05, 0.1) is 0 Å². The average molecular weight is 231 g/mol. The Morgan fingerprint density at radius 1 is 1.06 bits per heavy atom. The lowest BCUT2D eigenvalue weighted by atomic mass is 10.1. The molecule has 0 N–H and O–H groups in total. The Bertz CT molecular complexity index is 467. The zero-order valence-electron chi connectivity index (χ0n) is 9.56. The average Bonchev–Trinajstić information content (AvgIpc) is 2.35. The van der Waals surface area contributed by atoms with Gasteiger partial charge in [0.2, 0.25) is 0 Å². The van der Waals surface area contributed by atoms with Crippen molar-refractivity contribution in [3.8, 4) is 0 Å². The number of hydrogen-bond acceptors (Lipinski definition) is 2. The van der Waals surface area contributed by atoms with Gasteiger partial charge in [-0.05, 0) is 29.8 Å². The molecule has 1 nitrogen and oxygen atoms in total. The first-order valence-corrected chi connectivity index (χ1v) is 6.20. The van der Waals surface area contributed by atoms with Crippen LogP contribution in [-0.4, -0.2) is 24.4 Å². The van der Waals surface area contributed by atoms with E-state index in [0.29, 0.717) is 0 Å². The SMILES string of the molecule is CN(CS)CCc1ccc2ccccc2c1. The Hall–Kier alpha value is -0.990. The minimum atomic E-state index is 0.813. The van der Waals surface area contributed by atoms with Gasteiger partial charge in [0.1, 0.15) is 0 Å². The molecule has 0 bridgehead atoms. The molecule has 2 aromatic carbocycles. The molecule has 2 rings (SSSR count). The topological polar surface area (TPSA) is 3.24 Å². The van der Waals surface area contributed by atoms with E-state index >= 15 is 0 Å². The second kappa shape index (κ2) is 5.37. The molecule has 16 heavy (non-hydrogen) atoms. The number of fused-ring (bicyclic) bond motifs is 1. The largest absolute Gasteiger partial charge is 0.297 e. The highest BCUT2D eigenvalue weighted by Gasteiger charge is 1.98. The summed E-state index contributed by atoms with van der Waals surface area (Å²) in [6, 6.07) is 15.2. The van der Waals surface area contributed by atoms with E-state index in [1.165, 1.54) is 16.3 Å². The minimum absolute atomic E-state index is 0.813. The van der Waals surface area contributed by atoms with E-state index in [-0.39, 0.29) is 0 Å². The number of hydrogen-bond donors (Lipinski definition) is 1. The smallest absolute Gasteiger partial charge is 0.0411 e. The predicted molar refractivity (Wildman–Crippen MR) is 74.1 cm³/mol. The zero-order valence-corrected chi connectivity index (χ0v) is 10.5. The van der Waals surface area contributed by atoms with Crippen LogP contribution in [0.4, 0.5) is 0 Å². The van der Waals surface area contributed by atoms with Crippen molar-refractivity contribution in [2.45, 2.75) is 6.42 Å². The maximum atomic E-state index is 4.25. The standard InChI is InChI=1S/C14H17NS/c1-15(11-16)9-8-12-6-7-13-4-2-3-5-14(13)10-12/h2-7,10,16H,8-9,11H2,1H3. The fraction of sp³-hybridized carbons (Fsp3) is 0.286. The molecule has 0 saturated heterocycles. The van der Waals surface area contributed by atoms with Crippen LogP contribution in [0.5, 0.6) is 0 Å². The number of nitrogens with zero attached hydrogens (tertiary/aromatic N) is 1. The molecule has 84 valence electrons. The van der Waals surface area contributed by atoms with Crippen molar-refractivity contribution in [2.24, 2.45) is 0 Å². The molecule has 0 aliphatic carbocycles. The number of benzene rings is 2. The Balaban J connectivity index is 2.13. The Kier molecular flexibility index (Phi) is 3.86. The van der Waals surface area contributed by atoms with E-state index in [9.17, 15) is 0 Å². The van der Waals surface area contributed by atoms with Crippen molar-refractivity contribution in [1.29, 1.82) is 0 Å². The number of thiol groups is 1. The quantitative estimate of drug-likeness (QED) is 0.624. The summed E-state index contributed by atoms with van der Waals surface area (Å²) >= 11 is 4.25. The molecule has 0 atom stereocenters. The molecule has 0 heterocycles. The van der Waals surface area contributed by atoms with Crippen molar-refractivity contribution >= 4 is 23.4 Å². The molecule has 0 radical (unpaired) electrons. The highest BCUT2D eigenvalue weighted by Crippen LogP contribution is 2.16. The Morgan fingerprint density at radius 3 is 2.56 bits per heavy atom. The van der Waals surface area contributed by atoms with Crippen LogP contribution < -0.4 is 0 Å². The highest BCUT2D eigenvalue weighted by atomic mass is 32.1. The molecule has 0 fully saturated rings. The summed E-state index contributed by atoms with van der Waals surface area (Å²) in [6.07, 6.45) is 1.09. The maximum Gasteiger partial charge on any atom is 0.0411 e. The van der Waals surface area contributed by atoms with Gasteiger partial charge in [-0.25, -0.2) is 0 Å². The van der Waals surface area contributed by atoms with Crippen LogP contribution in [-0.2, 0) is 6.42 Å². The van der Waals surface area contributed by atoms with Gasteiger partial charge in [-0.3, -0.25) is 4.90 Å². The molecule has 0 aromatic heterocycles. The van der Waals surface area contributed by atoms with E-state index in [2.05, 4.69) is 67.0 Å². The third-order valence-corrected chi connectivity index (χ3v) is 3.32. The lowest BCUT2D eigenvalue weighted by Crippen LogP contribution is -2.19. The van der Waals surface area contributed by atoms with Crippen LogP contribution in [0.2, 0.25) is 0 Å². The first-order chi connectivity index (χ1) is 7.79. The highest BCUT2D eigenvalue weighted by molar-refractivity contribution is 7.80. The van der Waals surface area contributed by atoms with E-state index in [1.807, 2.05) is 0 Å². The molecule has 2 heteroatoms. The van der Waals surface area contributed by atoms with Gasteiger partial charge in [0.25, 0.3) is 0 Å². The van der Waals surface area contributed by atoms with Crippen LogP contribution in [0, 0.1) is 0 Å². The van der Waals surface area contributed by atoms with Gasteiger partial charge in [0, 0.05) is 12.4 Å². The van der Waals surface area contributed by atoms with E-state index in [1.54, 1.807) is 0 Å². The lowest BCUT2D eigenvalue weighted by molar-refractivity contribution is 0.399. The van der Waals surface area contributed by atoms with Gasteiger partial charge in [0.15, 0.2) is 0 Å². The maximum absolute atomic E-state index is 4.25. The van der Waals surface area contributed by atoms with Crippen LogP contribution in [0.3, 0.4) is 0 Å². The summed E-state index contributed by atoms with van der Waals surface area (Å²) in [5.74, 6) is 0.813. The molecule has 0 amide bonds. The summed E-state index contributed by atoms with van der Waals surface area (Å²) in [4.78, 5) is 2.21. The summed E-state index contributed by atoms with van der Waals surface area (Å²) in [7, 11) is 2.09. The summed E-state index contributed by atoms with van der Waals surface area (Å²) < 4.78 is 0. The third-order valence-electron chi connectivity index (χ3n) is 2.84. The fourth-order valence-corrected chi connectivity index (χ4v) is 1.93. The van der Waals surface area contributed by atoms with E-state index in [4.69, 9.17) is 0 Å². The summed E-state index contributed by atoms with van der Waals surface area (Å²) in [5, 5.41) is 2.64. The lowest BCUT2D eigenvalue weighted by Gasteiger charge is -2.13. The van der Waals surface area contributed by atoms with Gasteiger partial charge in [-0.1, -0.05) is 42.5 Å². The van der Waals surface area contributed by atoms with Gasteiger partial charge >= 0.3 is 0 Å². The summed E-state index contributed by atoms with van der Waals surface area (Å²) in [5.41, 5.74) is 1.40. The van der Waals surface area contributed by atoms with E-state index in [0.717, 1.165) is 18.8 Å². The monoisotopic (exact) mass is 231 g/mol. The molecule has 0 aliphatic rings. The first-order valence-electron chi connectivity index (χ1n) is 5.56. The molecular weight excluding hydrogens is 214 g/mol. The van der Waals surface area contributed by atoms with Crippen molar-refractivity contribution in [3.05, 3.63) is 48.0 Å². The van der Waals surface area contributed by atoms with Gasteiger partial charge < -0.3 is 0 Å². The minimum Gasteiger partial charge on any atom is -0.297 e. The number of rotatable bonds is 4. The molecule has 2 aromatic rings. The van der Waals surface area contributed by atoms with Crippen LogP contribution in [0.15, 0.2) is 42.5 Å².